The molecule has 0 radical (unpaired) electrons. The lowest BCUT2D eigenvalue weighted by atomic mass is 9.84. The SMILES string of the molecule is Cc1ccc(C(C)(C)C)cc1-c1ccc(-c2ccc(C(C)(C)C)cc2)c[n+]1C. The Bertz CT molecular complexity index is 980. The van der Waals surface area contributed by atoms with Crippen LogP contribution in [0.3, 0.4) is 0 Å². The molecule has 3 rings (SSSR count). The first kappa shape index (κ1) is 20.3. The van der Waals surface area contributed by atoms with Crippen molar-refractivity contribution >= 4 is 0 Å². The highest BCUT2D eigenvalue weighted by Crippen LogP contribution is 2.30. The molecule has 1 heteroatoms. The minimum atomic E-state index is 0.149. The van der Waals surface area contributed by atoms with E-state index in [1.165, 1.54) is 39.1 Å². The molecule has 1 nitrogen and oxygen atoms in total. The van der Waals surface area contributed by atoms with Crippen LogP contribution in [-0.2, 0) is 17.9 Å². The lowest BCUT2D eigenvalue weighted by molar-refractivity contribution is -0.659. The zero-order valence-corrected chi connectivity index (χ0v) is 18.7. The van der Waals surface area contributed by atoms with Crippen molar-refractivity contribution < 1.29 is 4.57 Å². The van der Waals surface area contributed by atoms with E-state index in [1.807, 2.05) is 0 Å². The highest BCUT2D eigenvalue weighted by atomic mass is 14.9. The van der Waals surface area contributed by atoms with Gasteiger partial charge in [-0.2, -0.15) is 0 Å². The second-order valence-electron chi connectivity index (χ2n) is 10.0. The summed E-state index contributed by atoms with van der Waals surface area (Å²) in [5, 5.41) is 0. The van der Waals surface area contributed by atoms with Crippen LogP contribution < -0.4 is 4.57 Å². The maximum atomic E-state index is 2.35. The first-order valence-corrected chi connectivity index (χ1v) is 10.2. The zero-order valence-electron chi connectivity index (χ0n) is 18.7. The molecule has 0 bridgehead atoms. The molecule has 0 spiro atoms. The van der Waals surface area contributed by atoms with Crippen molar-refractivity contribution in [1.82, 2.24) is 0 Å². The summed E-state index contributed by atoms with van der Waals surface area (Å²) in [4.78, 5) is 0. The van der Waals surface area contributed by atoms with E-state index < -0.39 is 0 Å². The van der Waals surface area contributed by atoms with E-state index in [0.29, 0.717) is 0 Å². The normalized spacial score (nSPS) is 12.3. The van der Waals surface area contributed by atoms with E-state index in [4.69, 9.17) is 0 Å². The van der Waals surface area contributed by atoms with Gasteiger partial charge in [-0.1, -0.05) is 77.9 Å². The van der Waals surface area contributed by atoms with Crippen LogP contribution in [0, 0.1) is 6.92 Å². The summed E-state index contributed by atoms with van der Waals surface area (Å²) in [7, 11) is 2.14. The lowest BCUT2D eigenvalue weighted by Gasteiger charge is -2.20. The van der Waals surface area contributed by atoms with E-state index in [0.717, 1.165) is 0 Å². The molecule has 0 saturated heterocycles. The predicted molar refractivity (Wildman–Crippen MR) is 121 cm³/mol. The molecule has 0 unspecified atom stereocenters. The van der Waals surface area contributed by atoms with Crippen molar-refractivity contribution in [1.29, 1.82) is 0 Å². The van der Waals surface area contributed by atoms with Crippen LogP contribution in [0.1, 0.15) is 58.2 Å². The molecule has 0 fully saturated rings. The Kier molecular flexibility index (Phi) is 5.23. The molecule has 0 aliphatic rings. The highest BCUT2D eigenvalue weighted by Gasteiger charge is 2.19. The van der Waals surface area contributed by atoms with E-state index >= 15 is 0 Å². The maximum Gasteiger partial charge on any atom is 0.212 e. The van der Waals surface area contributed by atoms with Gasteiger partial charge < -0.3 is 0 Å². The fourth-order valence-electron chi connectivity index (χ4n) is 3.59. The van der Waals surface area contributed by atoms with E-state index in [1.54, 1.807) is 0 Å². The predicted octanol–water partition coefficient (Wildman–Crippen LogP) is 6.75. The number of aromatic nitrogens is 1. The molecule has 0 atom stereocenters. The Morgan fingerprint density at radius 3 is 1.71 bits per heavy atom. The Balaban J connectivity index is 2.00. The maximum absolute atomic E-state index is 2.35. The number of pyridine rings is 1. The van der Waals surface area contributed by atoms with Crippen molar-refractivity contribution in [3.63, 3.8) is 0 Å². The highest BCUT2D eigenvalue weighted by molar-refractivity contribution is 5.67. The van der Waals surface area contributed by atoms with Gasteiger partial charge in [-0.15, -0.1) is 0 Å². The Hall–Kier alpha value is -2.41. The summed E-state index contributed by atoms with van der Waals surface area (Å²) in [5.41, 5.74) is 9.45. The quantitative estimate of drug-likeness (QED) is 0.438. The number of nitrogens with zero attached hydrogens (tertiary/aromatic N) is 1. The fraction of sp³-hybridized carbons (Fsp3) is 0.370. The van der Waals surface area contributed by atoms with Crippen molar-refractivity contribution in [3.05, 3.63) is 77.5 Å². The number of rotatable bonds is 2. The third-order valence-corrected chi connectivity index (χ3v) is 5.60. The average molecular weight is 373 g/mol. The van der Waals surface area contributed by atoms with Gasteiger partial charge in [-0.05, 0) is 52.1 Å². The molecular formula is C27H34N+. The van der Waals surface area contributed by atoms with Crippen LogP contribution in [0.25, 0.3) is 22.4 Å². The number of benzene rings is 2. The standard InChI is InChI=1S/C27H34N/c1-19-9-13-23(27(5,6)7)17-24(19)25-16-12-21(18-28(25)8)20-10-14-22(15-11-20)26(2,3)4/h9-18H,1-8H3/q+1. The largest absolute Gasteiger partial charge is 0.212 e. The second kappa shape index (κ2) is 7.20. The lowest BCUT2D eigenvalue weighted by Crippen LogP contribution is -2.31. The van der Waals surface area contributed by atoms with Crippen molar-refractivity contribution in [2.24, 2.45) is 7.05 Å². The summed E-state index contributed by atoms with van der Waals surface area (Å²) in [5.74, 6) is 0. The van der Waals surface area contributed by atoms with Crippen LogP contribution in [0.4, 0.5) is 0 Å². The second-order valence-corrected chi connectivity index (χ2v) is 10.0. The average Bonchev–Trinajstić information content (AvgIpc) is 2.61. The van der Waals surface area contributed by atoms with Gasteiger partial charge in [0.2, 0.25) is 5.69 Å². The summed E-state index contributed by atoms with van der Waals surface area (Å²) < 4.78 is 2.25. The zero-order chi connectivity index (χ0) is 20.7. The summed E-state index contributed by atoms with van der Waals surface area (Å²) in [6.45, 7) is 15.8. The summed E-state index contributed by atoms with van der Waals surface area (Å²) in [6.07, 6.45) is 2.24. The van der Waals surface area contributed by atoms with E-state index in [9.17, 15) is 0 Å². The molecule has 0 N–H and O–H groups in total. The van der Waals surface area contributed by atoms with Gasteiger partial charge in [-0.25, -0.2) is 4.57 Å². The van der Waals surface area contributed by atoms with Crippen LogP contribution in [0.15, 0.2) is 60.8 Å². The number of hydrogen-bond acceptors (Lipinski definition) is 0. The molecule has 28 heavy (non-hydrogen) atoms. The van der Waals surface area contributed by atoms with Crippen molar-refractivity contribution in [3.8, 4) is 22.4 Å². The van der Waals surface area contributed by atoms with Gasteiger partial charge >= 0.3 is 0 Å². The fourth-order valence-corrected chi connectivity index (χ4v) is 3.59. The molecule has 0 amide bonds. The minimum Gasteiger partial charge on any atom is -0.200 e. The third kappa shape index (κ3) is 4.19. The topological polar surface area (TPSA) is 3.88 Å². The Labute approximate surface area is 171 Å². The van der Waals surface area contributed by atoms with Gasteiger partial charge in [0.25, 0.3) is 0 Å². The minimum absolute atomic E-state index is 0.149. The molecule has 0 aliphatic carbocycles. The van der Waals surface area contributed by atoms with Crippen LogP contribution in [0.2, 0.25) is 0 Å². The molecule has 1 aromatic heterocycles. The molecule has 0 saturated carbocycles. The van der Waals surface area contributed by atoms with Crippen molar-refractivity contribution in [2.45, 2.75) is 59.3 Å². The summed E-state index contributed by atoms with van der Waals surface area (Å²) >= 11 is 0. The van der Waals surface area contributed by atoms with E-state index in [2.05, 4.69) is 121 Å². The van der Waals surface area contributed by atoms with Gasteiger partial charge in [0.05, 0.1) is 0 Å². The first-order valence-electron chi connectivity index (χ1n) is 10.2. The van der Waals surface area contributed by atoms with Gasteiger partial charge in [0.1, 0.15) is 7.05 Å². The molecule has 2 aromatic carbocycles. The number of hydrogen-bond donors (Lipinski definition) is 0. The Morgan fingerprint density at radius 1 is 0.643 bits per heavy atom. The molecule has 0 aliphatic heterocycles. The monoisotopic (exact) mass is 372 g/mol. The molecule has 146 valence electrons. The molecule has 3 aromatic rings. The third-order valence-electron chi connectivity index (χ3n) is 5.60. The van der Waals surface area contributed by atoms with E-state index in [-0.39, 0.29) is 10.8 Å². The van der Waals surface area contributed by atoms with Crippen LogP contribution in [-0.4, -0.2) is 0 Å². The summed E-state index contributed by atoms with van der Waals surface area (Å²) in [6, 6.07) is 20.3. The van der Waals surface area contributed by atoms with Crippen molar-refractivity contribution in [2.75, 3.05) is 0 Å². The van der Waals surface area contributed by atoms with Gasteiger partial charge in [0, 0.05) is 17.2 Å². The number of aryl methyl sites for hydroxylation is 2. The van der Waals surface area contributed by atoms with Crippen LogP contribution >= 0.6 is 0 Å². The van der Waals surface area contributed by atoms with Gasteiger partial charge in [-0.3, -0.25) is 0 Å². The van der Waals surface area contributed by atoms with Crippen LogP contribution in [0.5, 0.6) is 0 Å². The first-order chi connectivity index (χ1) is 13.0. The Morgan fingerprint density at radius 2 is 1.18 bits per heavy atom. The molecule has 1 heterocycles. The smallest absolute Gasteiger partial charge is 0.200 e. The van der Waals surface area contributed by atoms with Gasteiger partial charge in [0.15, 0.2) is 6.20 Å². The molecular weight excluding hydrogens is 338 g/mol.